The average molecular weight is 273 g/mol. The normalized spacial score (nSPS) is 20.8. The number of nitrogens with two attached hydrogens (primary N) is 1. The number of rotatable bonds is 3. The van der Waals surface area contributed by atoms with E-state index in [2.05, 4.69) is 11.5 Å². The van der Waals surface area contributed by atoms with Crippen molar-refractivity contribution in [3.8, 4) is 0 Å². The molecule has 0 saturated heterocycles. The molecule has 0 radical (unpaired) electrons. The van der Waals surface area contributed by atoms with Crippen LogP contribution in [0, 0.1) is 5.92 Å². The molecule has 2 rings (SSSR count). The zero-order chi connectivity index (χ0) is 12.1. The molecular formula is C13H21ClN2S. The Bertz CT molecular complexity index is 332. The molecular weight excluding hydrogens is 252 g/mol. The summed E-state index contributed by atoms with van der Waals surface area (Å²) in [6.07, 6.45) is 9.38. The van der Waals surface area contributed by atoms with Gasteiger partial charge in [-0.15, -0.1) is 11.3 Å². The quantitative estimate of drug-likeness (QED) is 0.637. The van der Waals surface area contributed by atoms with Gasteiger partial charge in [0.1, 0.15) is 0 Å². The molecule has 4 heteroatoms. The van der Waals surface area contributed by atoms with Crippen molar-refractivity contribution in [3.05, 3.63) is 21.3 Å². The lowest BCUT2D eigenvalue weighted by molar-refractivity contribution is 0.293. The molecule has 1 aromatic heterocycles. The van der Waals surface area contributed by atoms with Crippen LogP contribution >= 0.6 is 22.9 Å². The summed E-state index contributed by atoms with van der Waals surface area (Å²) < 4.78 is 0.853. The second kappa shape index (κ2) is 6.74. The van der Waals surface area contributed by atoms with Crippen molar-refractivity contribution < 1.29 is 0 Å². The van der Waals surface area contributed by atoms with E-state index in [1.54, 1.807) is 11.3 Å². The molecule has 3 N–H and O–H groups in total. The molecule has 1 aliphatic rings. The second-order valence-electron chi connectivity index (χ2n) is 4.89. The fourth-order valence-electron chi connectivity index (χ4n) is 2.77. The van der Waals surface area contributed by atoms with Gasteiger partial charge in [0.25, 0.3) is 0 Å². The lowest BCUT2D eigenvalue weighted by atomic mass is 9.85. The molecule has 0 amide bonds. The monoisotopic (exact) mass is 272 g/mol. The molecule has 1 heterocycles. The van der Waals surface area contributed by atoms with Crippen molar-refractivity contribution in [2.75, 3.05) is 0 Å². The average Bonchev–Trinajstić information content (AvgIpc) is 2.68. The molecule has 1 unspecified atom stereocenters. The van der Waals surface area contributed by atoms with Gasteiger partial charge in [-0.1, -0.05) is 43.7 Å². The number of nitrogens with one attached hydrogen (secondary N) is 1. The topological polar surface area (TPSA) is 38.0 Å². The van der Waals surface area contributed by atoms with E-state index < -0.39 is 0 Å². The highest BCUT2D eigenvalue weighted by atomic mass is 35.5. The van der Waals surface area contributed by atoms with Gasteiger partial charge in [-0.2, -0.15) is 0 Å². The predicted octanol–water partition coefficient (Wildman–Crippen LogP) is 4.27. The van der Waals surface area contributed by atoms with Gasteiger partial charge >= 0.3 is 0 Å². The summed E-state index contributed by atoms with van der Waals surface area (Å²) in [5.74, 6) is 6.41. The Morgan fingerprint density at radius 1 is 1.18 bits per heavy atom. The summed E-state index contributed by atoms with van der Waals surface area (Å²) >= 11 is 7.66. The van der Waals surface area contributed by atoms with Gasteiger partial charge in [0, 0.05) is 4.88 Å². The number of thiophene rings is 1. The van der Waals surface area contributed by atoms with E-state index >= 15 is 0 Å². The van der Waals surface area contributed by atoms with Gasteiger partial charge in [0.2, 0.25) is 0 Å². The van der Waals surface area contributed by atoms with Crippen LogP contribution in [0.5, 0.6) is 0 Å². The minimum absolute atomic E-state index is 0.283. The fourth-order valence-corrected chi connectivity index (χ4v) is 3.98. The van der Waals surface area contributed by atoms with Crippen LogP contribution in [0.2, 0.25) is 4.34 Å². The van der Waals surface area contributed by atoms with E-state index in [4.69, 9.17) is 17.4 Å². The fraction of sp³-hybridized carbons (Fsp3) is 0.692. The van der Waals surface area contributed by atoms with Crippen molar-refractivity contribution in [1.82, 2.24) is 5.43 Å². The summed E-state index contributed by atoms with van der Waals surface area (Å²) in [6.45, 7) is 0. The highest BCUT2D eigenvalue weighted by Crippen LogP contribution is 2.36. The Balaban J connectivity index is 2.05. The lowest BCUT2D eigenvalue weighted by Gasteiger charge is -2.27. The van der Waals surface area contributed by atoms with Crippen LogP contribution in [0.1, 0.15) is 55.9 Å². The van der Waals surface area contributed by atoms with Crippen molar-refractivity contribution in [3.63, 3.8) is 0 Å². The Kier molecular flexibility index (Phi) is 5.29. The minimum atomic E-state index is 0.283. The Morgan fingerprint density at radius 2 is 1.82 bits per heavy atom. The first-order chi connectivity index (χ1) is 8.31. The standard InChI is InChI=1S/C13H21ClN2S/c14-12-9-8-11(17-12)13(16-15)10-6-4-2-1-3-5-7-10/h8-10,13,16H,1-7,15H2. The second-order valence-corrected chi connectivity index (χ2v) is 6.64. The number of hydrogen-bond acceptors (Lipinski definition) is 3. The van der Waals surface area contributed by atoms with Crippen molar-refractivity contribution >= 4 is 22.9 Å². The largest absolute Gasteiger partial charge is 0.271 e. The van der Waals surface area contributed by atoms with Gasteiger partial charge < -0.3 is 0 Å². The first-order valence-electron chi connectivity index (χ1n) is 6.52. The van der Waals surface area contributed by atoms with Gasteiger partial charge in [-0.05, 0) is 30.9 Å². The SMILES string of the molecule is NNC(c1ccc(Cl)s1)C1CCCCCCC1. The Hall–Kier alpha value is -0.0900. The minimum Gasteiger partial charge on any atom is -0.271 e. The third kappa shape index (κ3) is 3.68. The van der Waals surface area contributed by atoms with E-state index in [-0.39, 0.29) is 6.04 Å². The molecule has 96 valence electrons. The van der Waals surface area contributed by atoms with E-state index in [0.29, 0.717) is 5.92 Å². The van der Waals surface area contributed by atoms with Gasteiger partial charge in [0.05, 0.1) is 10.4 Å². The van der Waals surface area contributed by atoms with Crippen LogP contribution in [0.25, 0.3) is 0 Å². The van der Waals surface area contributed by atoms with Gasteiger partial charge in [-0.3, -0.25) is 11.3 Å². The highest BCUT2D eigenvalue weighted by molar-refractivity contribution is 7.16. The smallest absolute Gasteiger partial charge is 0.0931 e. The first-order valence-corrected chi connectivity index (χ1v) is 7.72. The third-order valence-electron chi connectivity index (χ3n) is 3.70. The van der Waals surface area contributed by atoms with Crippen LogP contribution in [0.3, 0.4) is 0 Å². The van der Waals surface area contributed by atoms with Crippen LogP contribution in [0.4, 0.5) is 0 Å². The molecule has 0 aromatic carbocycles. The van der Waals surface area contributed by atoms with Gasteiger partial charge in [-0.25, -0.2) is 0 Å². The van der Waals surface area contributed by atoms with Crippen molar-refractivity contribution in [2.45, 2.75) is 51.0 Å². The van der Waals surface area contributed by atoms with E-state index in [1.165, 1.54) is 49.8 Å². The molecule has 2 nitrogen and oxygen atoms in total. The molecule has 1 fully saturated rings. The van der Waals surface area contributed by atoms with Gasteiger partial charge in [0.15, 0.2) is 0 Å². The third-order valence-corrected chi connectivity index (χ3v) is 5.02. The summed E-state index contributed by atoms with van der Waals surface area (Å²) in [5, 5.41) is 0. The molecule has 0 bridgehead atoms. The maximum Gasteiger partial charge on any atom is 0.0931 e. The molecule has 0 spiro atoms. The molecule has 0 aliphatic heterocycles. The first kappa shape index (κ1) is 13.3. The Morgan fingerprint density at radius 3 is 2.35 bits per heavy atom. The number of halogens is 1. The lowest BCUT2D eigenvalue weighted by Crippen LogP contribution is -2.33. The zero-order valence-electron chi connectivity index (χ0n) is 10.1. The summed E-state index contributed by atoms with van der Waals surface area (Å²) in [5.41, 5.74) is 3.00. The number of hydrogen-bond donors (Lipinski definition) is 2. The molecule has 17 heavy (non-hydrogen) atoms. The zero-order valence-corrected chi connectivity index (χ0v) is 11.7. The summed E-state index contributed by atoms with van der Waals surface area (Å²) in [4.78, 5) is 1.28. The maximum absolute atomic E-state index is 6.01. The van der Waals surface area contributed by atoms with Crippen molar-refractivity contribution in [2.24, 2.45) is 11.8 Å². The Labute approximate surface area is 113 Å². The van der Waals surface area contributed by atoms with E-state index in [1.807, 2.05) is 6.07 Å². The summed E-state index contributed by atoms with van der Waals surface area (Å²) in [7, 11) is 0. The van der Waals surface area contributed by atoms with Crippen LogP contribution in [-0.2, 0) is 0 Å². The molecule has 1 aromatic rings. The highest BCUT2D eigenvalue weighted by Gasteiger charge is 2.23. The van der Waals surface area contributed by atoms with E-state index in [9.17, 15) is 0 Å². The van der Waals surface area contributed by atoms with Crippen LogP contribution in [0.15, 0.2) is 12.1 Å². The molecule has 1 saturated carbocycles. The molecule has 1 aliphatic carbocycles. The number of hydrazine groups is 1. The summed E-state index contributed by atoms with van der Waals surface area (Å²) in [6, 6.07) is 4.36. The van der Waals surface area contributed by atoms with Crippen LogP contribution < -0.4 is 11.3 Å². The predicted molar refractivity (Wildman–Crippen MR) is 75.2 cm³/mol. The van der Waals surface area contributed by atoms with Crippen molar-refractivity contribution in [1.29, 1.82) is 0 Å². The maximum atomic E-state index is 6.01. The van der Waals surface area contributed by atoms with E-state index in [0.717, 1.165) is 4.34 Å². The molecule has 1 atom stereocenters. The van der Waals surface area contributed by atoms with Crippen LogP contribution in [-0.4, -0.2) is 0 Å².